The van der Waals surface area contributed by atoms with E-state index in [1.807, 2.05) is 6.26 Å². The van der Waals surface area contributed by atoms with Gasteiger partial charge in [-0.25, -0.2) is 4.79 Å². The topological polar surface area (TPSA) is 72.8 Å². The first-order valence-electron chi connectivity index (χ1n) is 5.12. The van der Waals surface area contributed by atoms with E-state index in [4.69, 9.17) is 9.47 Å². The molecule has 0 aromatic rings. The molecule has 0 aliphatic carbocycles. The van der Waals surface area contributed by atoms with Gasteiger partial charge in [0.1, 0.15) is 19.3 Å². The molecule has 0 amide bonds. The second-order valence-electron chi connectivity index (χ2n) is 3.46. The summed E-state index contributed by atoms with van der Waals surface area (Å²) in [6, 6.07) is 0. The zero-order valence-electron chi connectivity index (χ0n) is 10.1. The predicted molar refractivity (Wildman–Crippen MR) is 65.7 cm³/mol. The van der Waals surface area contributed by atoms with E-state index in [0.29, 0.717) is 12.2 Å². The van der Waals surface area contributed by atoms with Gasteiger partial charge < -0.3 is 14.6 Å². The lowest BCUT2D eigenvalue weighted by molar-refractivity contribution is -0.150. The van der Waals surface area contributed by atoms with Crippen LogP contribution in [-0.2, 0) is 19.1 Å². The number of ether oxygens (including phenoxy) is 2. The number of hydrogen-bond acceptors (Lipinski definition) is 6. The van der Waals surface area contributed by atoms with Gasteiger partial charge in [-0.1, -0.05) is 6.58 Å². The Balaban J connectivity index is 3.65. The second-order valence-corrected chi connectivity index (χ2v) is 4.44. The second kappa shape index (κ2) is 9.07. The van der Waals surface area contributed by atoms with Crippen LogP contribution in [-0.4, -0.2) is 48.4 Å². The molecule has 0 radical (unpaired) electrons. The van der Waals surface area contributed by atoms with Crippen LogP contribution in [0.2, 0.25) is 0 Å². The summed E-state index contributed by atoms with van der Waals surface area (Å²) in [4.78, 5) is 22.1. The molecule has 0 spiro atoms. The van der Waals surface area contributed by atoms with Gasteiger partial charge >= 0.3 is 11.9 Å². The van der Waals surface area contributed by atoms with Crippen LogP contribution >= 0.6 is 11.8 Å². The average molecular weight is 262 g/mol. The highest BCUT2D eigenvalue weighted by molar-refractivity contribution is 7.98. The maximum atomic E-state index is 11.1. The smallest absolute Gasteiger partial charge is 0.333 e. The monoisotopic (exact) mass is 262 g/mol. The number of carbonyl (C=O) groups excluding carboxylic acids is 2. The van der Waals surface area contributed by atoms with Crippen LogP contribution in [0.4, 0.5) is 0 Å². The first-order valence-corrected chi connectivity index (χ1v) is 6.52. The van der Waals surface area contributed by atoms with Crippen molar-refractivity contribution >= 4 is 23.7 Å². The minimum atomic E-state index is -1.00. The summed E-state index contributed by atoms with van der Waals surface area (Å²) in [5, 5.41) is 9.36. The number of aliphatic hydroxyl groups excluding tert-OH is 1. The van der Waals surface area contributed by atoms with E-state index in [0.717, 1.165) is 0 Å². The highest BCUT2D eigenvalue weighted by Gasteiger charge is 2.11. The summed E-state index contributed by atoms with van der Waals surface area (Å²) in [6.45, 7) is 4.53. The SMILES string of the molecule is C=C(C)C(=O)OCC(O)COC(=O)CCSC. The Kier molecular flexibility index (Phi) is 8.53. The maximum absolute atomic E-state index is 11.1. The minimum Gasteiger partial charge on any atom is -0.463 e. The van der Waals surface area contributed by atoms with Crippen molar-refractivity contribution in [2.45, 2.75) is 19.4 Å². The summed E-state index contributed by atoms with van der Waals surface area (Å²) in [7, 11) is 0. The van der Waals surface area contributed by atoms with Crippen molar-refractivity contribution in [2.24, 2.45) is 0 Å². The lowest BCUT2D eigenvalue weighted by Crippen LogP contribution is -2.25. The Hall–Kier alpha value is -1.01. The fourth-order valence-electron chi connectivity index (χ4n) is 0.790. The molecule has 0 bridgehead atoms. The number of rotatable bonds is 8. The van der Waals surface area contributed by atoms with Gasteiger partial charge in [0.25, 0.3) is 0 Å². The number of aliphatic hydroxyl groups is 1. The number of hydrogen-bond donors (Lipinski definition) is 1. The largest absolute Gasteiger partial charge is 0.463 e. The first kappa shape index (κ1) is 16.0. The molecule has 0 heterocycles. The molecule has 0 rings (SSSR count). The highest BCUT2D eigenvalue weighted by atomic mass is 32.2. The van der Waals surface area contributed by atoms with Crippen molar-refractivity contribution in [1.82, 2.24) is 0 Å². The van der Waals surface area contributed by atoms with E-state index in [2.05, 4.69) is 6.58 Å². The van der Waals surface area contributed by atoms with E-state index in [1.54, 1.807) is 0 Å². The van der Waals surface area contributed by atoms with Crippen LogP contribution in [0.15, 0.2) is 12.2 Å². The van der Waals surface area contributed by atoms with Crippen LogP contribution in [0.25, 0.3) is 0 Å². The van der Waals surface area contributed by atoms with Gasteiger partial charge in [-0.3, -0.25) is 4.79 Å². The van der Waals surface area contributed by atoms with Crippen molar-refractivity contribution in [3.05, 3.63) is 12.2 Å². The molecular formula is C11H18O5S. The van der Waals surface area contributed by atoms with Crippen LogP contribution in [0.5, 0.6) is 0 Å². The van der Waals surface area contributed by atoms with Gasteiger partial charge in [-0.2, -0.15) is 11.8 Å². The number of carbonyl (C=O) groups is 2. The Labute approximate surface area is 105 Å². The standard InChI is InChI=1S/C11H18O5S/c1-8(2)11(14)16-7-9(12)6-15-10(13)4-5-17-3/h9,12H,1,4-7H2,2-3H3. The van der Waals surface area contributed by atoms with Crippen LogP contribution in [0, 0.1) is 0 Å². The van der Waals surface area contributed by atoms with Gasteiger partial charge in [-0.05, 0) is 13.2 Å². The summed E-state index contributed by atoms with van der Waals surface area (Å²) < 4.78 is 9.48. The maximum Gasteiger partial charge on any atom is 0.333 e. The number of thioether (sulfide) groups is 1. The summed E-state index contributed by atoms with van der Waals surface area (Å²) >= 11 is 1.54. The van der Waals surface area contributed by atoms with Crippen molar-refractivity contribution in [3.8, 4) is 0 Å². The Morgan fingerprint density at radius 1 is 1.35 bits per heavy atom. The molecule has 98 valence electrons. The van der Waals surface area contributed by atoms with E-state index >= 15 is 0 Å². The Morgan fingerprint density at radius 2 is 1.94 bits per heavy atom. The molecule has 0 saturated carbocycles. The third kappa shape index (κ3) is 8.76. The Bertz CT molecular complexity index is 277. The molecule has 1 atom stereocenters. The highest BCUT2D eigenvalue weighted by Crippen LogP contribution is 1.99. The van der Waals surface area contributed by atoms with Crippen molar-refractivity contribution in [2.75, 3.05) is 25.2 Å². The number of esters is 2. The summed E-state index contributed by atoms with van der Waals surface area (Å²) in [5.41, 5.74) is 0.258. The van der Waals surface area contributed by atoms with E-state index in [9.17, 15) is 14.7 Å². The van der Waals surface area contributed by atoms with Crippen LogP contribution in [0.1, 0.15) is 13.3 Å². The molecule has 1 N–H and O–H groups in total. The lowest BCUT2D eigenvalue weighted by atomic mass is 10.3. The van der Waals surface area contributed by atoms with Gasteiger partial charge in [0.05, 0.1) is 6.42 Å². The van der Waals surface area contributed by atoms with Crippen molar-refractivity contribution in [1.29, 1.82) is 0 Å². The predicted octanol–water partition coefficient (Wildman–Crippen LogP) is 0.763. The molecule has 0 aliphatic heterocycles. The molecule has 5 nitrogen and oxygen atoms in total. The van der Waals surface area contributed by atoms with Crippen LogP contribution in [0.3, 0.4) is 0 Å². The molecule has 0 saturated heterocycles. The molecule has 1 unspecified atom stereocenters. The molecule has 17 heavy (non-hydrogen) atoms. The fourth-order valence-corrected chi connectivity index (χ4v) is 1.16. The van der Waals surface area contributed by atoms with E-state index in [-0.39, 0.29) is 24.8 Å². The molecule has 0 aromatic heterocycles. The minimum absolute atomic E-state index is 0.170. The van der Waals surface area contributed by atoms with Crippen molar-refractivity contribution < 1.29 is 24.2 Å². The Morgan fingerprint density at radius 3 is 2.47 bits per heavy atom. The molecular weight excluding hydrogens is 244 g/mol. The van der Waals surface area contributed by atoms with Gasteiger partial charge in [0.2, 0.25) is 0 Å². The molecule has 6 heteroatoms. The summed E-state index contributed by atoms with van der Waals surface area (Å²) in [6.07, 6.45) is 1.19. The lowest BCUT2D eigenvalue weighted by Gasteiger charge is -2.11. The quantitative estimate of drug-likeness (QED) is 0.514. The van der Waals surface area contributed by atoms with Crippen molar-refractivity contribution in [3.63, 3.8) is 0 Å². The normalized spacial score (nSPS) is 11.7. The van der Waals surface area contributed by atoms with Crippen LogP contribution < -0.4 is 0 Å². The zero-order chi connectivity index (χ0) is 13.3. The zero-order valence-corrected chi connectivity index (χ0v) is 10.9. The van der Waals surface area contributed by atoms with E-state index < -0.39 is 12.1 Å². The molecule has 0 aromatic carbocycles. The molecule has 0 aliphatic rings. The van der Waals surface area contributed by atoms with Gasteiger partial charge in [0, 0.05) is 11.3 Å². The van der Waals surface area contributed by atoms with Gasteiger partial charge in [0.15, 0.2) is 0 Å². The summed E-state index contributed by atoms with van der Waals surface area (Å²) in [5.74, 6) is -0.262. The van der Waals surface area contributed by atoms with Gasteiger partial charge in [-0.15, -0.1) is 0 Å². The average Bonchev–Trinajstić information content (AvgIpc) is 2.30. The molecule has 0 fully saturated rings. The van der Waals surface area contributed by atoms with E-state index in [1.165, 1.54) is 18.7 Å². The first-order chi connectivity index (χ1) is 7.97. The third-order valence-corrected chi connectivity index (χ3v) is 2.31. The fraction of sp³-hybridized carbons (Fsp3) is 0.636. The third-order valence-electron chi connectivity index (χ3n) is 1.70.